The van der Waals surface area contributed by atoms with E-state index in [4.69, 9.17) is 9.47 Å². The number of fused-ring (bicyclic) bond motifs is 1. The topological polar surface area (TPSA) is 72.5 Å². The van der Waals surface area contributed by atoms with Gasteiger partial charge in [0.2, 0.25) is 6.79 Å². The van der Waals surface area contributed by atoms with E-state index in [9.17, 15) is 13.6 Å². The summed E-state index contributed by atoms with van der Waals surface area (Å²) in [5, 5.41) is 5.37. The highest BCUT2D eigenvalue weighted by Crippen LogP contribution is 2.32. The fourth-order valence-corrected chi connectivity index (χ4v) is 2.68. The molecule has 2 aromatic carbocycles. The molecule has 0 unspecified atom stereocenters. The van der Waals surface area contributed by atoms with Crippen LogP contribution >= 0.6 is 0 Å². The minimum Gasteiger partial charge on any atom is -0.454 e. The predicted molar refractivity (Wildman–Crippen MR) is 98.4 cm³/mol. The number of anilines is 2. The van der Waals surface area contributed by atoms with Crippen molar-refractivity contribution >= 4 is 17.3 Å². The van der Waals surface area contributed by atoms with Gasteiger partial charge in [0.1, 0.15) is 23.0 Å². The van der Waals surface area contributed by atoms with Crippen LogP contribution in [0.5, 0.6) is 11.5 Å². The van der Waals surface area contributed by atoms with Gasteiger partial charge in [-0.2, -0.15) is 0 Å². The molecule has 1 amide bonds. The van der Waals surface area contributed by atoms with Crippen molar-refractivity contribution in [3.63, 3.8) is 0 Å². The SMILES string of the molecule is O=C(Nc1c(F)cccc1F)c1ccc(NCc2ccc3c(c2)OCO3)cn1. The summed E-state index contributed by atoms with van der Waals surface area (Å²) < 4.78 is 37.9. The van der Waals surface area contributed by atoms with Crippen molar-refractivity contribution in [2.24, 2.45) is 0 Å². The van der Waals surface area contributed by atoms with Crippen molar-refractivity contribution in [1.29, 1.82) is 0 Å². The molecule has 28 heavy (non-hydrogen) atoms. The Morgan fingerprint density at radius 1 is 1.04 bits per heavy atom. The summed E-state index contributed by atoms with van der Waals surface area (Å²) in [6.45, 7) is 0.737. The zero-order valence-corrected chi connectivity index (χ0v) is 14.5. The van der Waals surface area contributed by atoms with Crippen LogP contribution in [0, 0.1) is 11.6 Å². The number of aromatic nitrogens is 1. The minimum atomic E-state index is -0.852. The molecule has 6 nitrogen and oxygen atoms in total. The number of ether oxygens (including phenoxy) is 2. The summed E-state index contributed by atoms with van der Waals surface area (Å²) in [6, 6.07) is 12.1. The van der Waals surface area contributed by atoms with Crippen LogP contribution in [0.4, 0.5) is 20.2 Å². The van der Waals surface area contributed by atoms with E-state index in [1.54, 1.807) is 6.07 Å². The molecule has 8 heteroatoms. The van der Waals surface area contributed by atoms with Gasteiger partial charge in [-0.25, -0.2) is 13.8 Å². The second-order valence-corrected chi connectivity index (χ2v) is 6.02. The van der Waals surface area contributed by atoms with Gasteiger partial charge in [0.15, 0.2) is 11.5 Å². The largest absolute Gasteiger partial charge is 0.454 e. The van der Waals surface area contributed by atoms with Crippen LogP contribution < -0.4 is 20.1 Å². The highest BCUT2D eigenvalue weighted by molar-refractivity contribution is 6.03. The number of benzene rings is 2. The Morgan fingerprint density at radius 3 is 2.57 bits per heavy atom. The van der Waals surface area contributed by atoms with Crippen LogP contribution in [0.25, 0.3) is 0 Å². The number of hydrogen-bond donors (Lipinski definition) is 2. The van der Waals surface area contributed by atoms with Gasteiger partial charge in [0, 0.05) is 6.54 Å². The molecular formula is C20H15F2N3O3. The van der Waals surface area contributed by atoms with Crippen LogP contribution in [-0.2, 0) is 6.54 Å². The van der Waals surface area contributed by atoms with Gasteiger partial charge in [-0.15, -0.1) is 0 Å². The van der Waals surface area contributed by atoms with Crippen molar-refractivity contribution in [3.8, 4) is 11.5 Å². The summed E-state index contributed by atoms with van der Waals surface area (Å²) in [4.78, 5) is 16.2. The number of rotatable bonds is 5. The van der Waals surface area contributed by atoms with E-state index in [0.29, 0.717) is 23.7 Å². The normalized spacial score (nSPS) is 11.9. The van der Waals surface area contributed by atoms with E-state index >= 15 is 0 Å². The molecular weight excluding hydrogens is 368 g/mol. The fraction of sp³-hybridized carbons (Fsp3) is 0.100. The van der Waals surface area contributed by atoms with Crippen molar-refractivity contribution in [2.45, 2.75) is 6.54 Å². The van der Waals surface area contributed by atoms with Crippen molar-refractivity contribution < 1.29 is 23.0 Å². The van der Waals surface area contributed by atoms with Gasteiger partial charge in [-0.3, -0.25) is 4.79 Å². The Labute approximate surface area is 159 Å². The quantitative estimate of drug-likeness (QED) is 0.698. The fourth-order valence-electron chi connectivity index (χ4n) is 2.68. The maximum atomic E-state index is 13.6. The van der Waals surface area contributed by atoms with Crippen LogP contribution in [0.2, 0.25) is 0 Å². The third-order valence-corrected chi connectivity index (χ3v) is 4.13. The molecule has 4 rings (SSSR count). The second-order valence-electron chi connectivity index (χ2n) is 6.02. The number of pyridine rings is 1. The van der Waals surface area contributed by atoms with Gasteiger partial charge >= 0.3 is 0 Å². The number of amides is 1. The number of carbonyl (C=O) groups excluding carboxylic acids is 1. The van der Waals surface area contributed by atoms with Gasteiger partial charge in [-0.1, -0.05) is 12.1 Å². The molecule has 0 aliphatic carbocycles. The average molecular weight is 383 g/mol. The molecule has 0 bridgehead atoms. The summed E-state index contributed by atoms with van der Waals surface area (Å²) in [6.07, 6.45) is 1.47. The highest BCUT2D eigenvalue weighted by atomic mass is 19.1. The lowest BCUT2D eigenvalue weighted by atomic mass is 10.2. The third kappa shape index (κ3) is 3.71. The maximum Gasteiger partial charge on any atom is 0.274 e. The van der Waals surface area contributed by atoms with Crippen LogP contribution in [0.15, 0.2) is 54.7 Å². The van der Waals surface area contributed by atoms with Crippen LogP contribution in [0.3, 0.4) is 0 Å². The molecule has 2 heterocycles. The summed E-state index contributed by atoms with van der Waals surface area (Å²) in [5.41, 5.74) is 1.21. The van der Waals surface area contributed by atoms with E-state index in [-0.39, 0.29) is 12.5 Å². The molecule has 0 saturated heterocycles. The van der Waals surface area contributed by atoms with E-state index in [1.807, 2.05) is 18.2 Å². The summed E-state index contributed by atoms with van der Waals surface area (Å²) in [5.74, 6) is -0.992. The number of halogens is 2. The van der Waals surface area contributed by atoms with Gasteiger partial charge < -0.3 is 20.1 Å². The first-order valence-electron chi connectivity index (χ1n) is 8.44. The Balaban J connectivity index is 1.39. The molecule has 2 N–H and O–H groups in total. The lowest BCUT2D eigenvalue weighted by Crippen LogP contribution is -2.15. The van der Waals surface area contributed by atoms with Crippen molar-refractivity contribution in [3.05, 3.63) is 77.6 Å². The first kappa shape index (κ1) is 17.7. The first-order chi connectivity index (χ1) is 13.6. The number of nitrogens with zero attached hydrogens (tertiary/aromatic N) is 1. The Kier molecular flexibility index (Phi) is 4.76. The van der Waals surface area contributed by atoms with Crippen molar-refractivity contribution in [1.82, 2.24) is 4.98 Å². The minimum absolute atomic E-state index is 0.0382. The van der Waals surface area contributed by atoms with E-state index < -0.39 is 23.2 Å². The smallest absolute Gasteiger partial charge is 0.274 e. The lowest BCUT2D eigenvalue weighted by Gasteiger charge is -2.09. The number of carbonyl (C=O) groups is 1. The van der Waals surface area contributed by atoms with E-state index in [2.05, 4.69) is 15.6 Å². The monoisotopic (exact) mass is 383 g/mol. The molecule has 1 aliphatic rings. The standard InChI is InChI=1S/C20H15F2N3O3/c21-14-2-1-3-15(22)19(14)25-20(26)16-6-5-13(10-24-16)23-9-12-4-7-17-18(8-12)28-11-27-17/h1-8,10,23H,9,11H2,(H,25,26). The highest BCUT2D eigenvalue weighted by Gasteiger charge is 2.15. The predicted octanol–water partition coefficient (Wildman–Crippen LogP) is 3.95. The van der Waals surface area contributed by atoms with Crippen LogP contribution in [-0.4, -0.2) is 17.7 Å². The van der Waals surface area contributed by atoms with E-state index in [1.165, 1.54) is 18.3 Å². The molecule has 3 aromatic rings. The maximum absolute atomic E-state index is 13.6. The Morgan fingerprint density at radius 2 is 1.82 bits per heavy atom. The second kappa shape index (κ2) is 7.51. The molecule has 0 saturated carbocycles. The van der Waals surface area contributed by atoms with Gasteiger partial charge in [-0.05, 0) is 42.0 Å². The lowest BCUT2D eigenvalue weighted by molar-refractivity contribution is 0.102. The molecule has 0 spiro atoms. The zero-order valence-electron chi connectivity index (χ0n) is 14.5. The summed E-state index contributed by atoms with van der Waals surface area (Å²) in [7, 11) is 0. The Bertz CT molecular complexity index is 1010. The molecule has 1 aromatic heterocycles. The molecule has 0 fully saturated rings. The molecule has 142 valence electrons. The van der Waals surface area contributed by atoms with Crippen LogP contribution in [0.1, 0.15) is 16.1 Å². The average Bonchev–Trinajstić information content (AvgIpc) is 3.17. The van der Waals surface area contributed by atoms with Crippen molar-refractivity contribution in [2.75, 3.05) is 17.4 Å². The third-order valence-electron chi connectivity index (χ3n) is 4.13. The number of hydrogen-bond acceptors (Lipinski definition) is 5. The Hall–Kier alpha value is -3.68. The molecule has 0 radical (unpaired) electrons. The first-order valence-corrected chi connectivity index (χ1v) is 8.44. The van der Waals surface area contributed by atoms with E-state index in [0.717, 1.165) is 17.7 Å². The zero-order chi connectivity index (χ0) is 19.5. The van der Waals surface area contributed by atoms with Gasteiger partial charge in [0.25, 0.3) is 5.91 Å². The number of para-hydroxylation sites is 1. The van der Waals surface area contributed by atoms with Gasteiger partial charge in [0.05, 0.1) is 11.9 Å². The number of nitrogens with one attached hydrogen (secondary N) is 2. The summed E-state index contributed by atoms with van der Waals surface area (Å²) >= 11 is 0. The molecule has 0 atom stereocenters. The molecule has 1 aliphatic heterocycles.